The van der Waals surface area contributed by atoms with E-state index in [1.165, 1.54) is 23.4 Å². The van der Waals surface area contributed by atoms with Crippen molar-refractivity contribution in [3.05, 3.63) is 76.2 Å². The predicted octanol–water partition coefficient (Wildman–Crippen LogP) is 3.90. The van der Waals surface area contributed by atoms with Crippen LogP contribution in [0.2, 0.25) is 0 Å². The molecule has 2 aromatic heterocycles. The van der Waals surface area contributed by atoms with Crippen LogP contribution >= 0.6 is 12.2 Å². The van der Waals surface area contributed by atoms with Crippen LogP contribution in [0.25, 0.3) is 11.3 Å². The summed E-state index contributed by atoms with van der Waals surface area (Å²) in [6.07, 6.45) is 2.79. The van der Waals surface area contributed by atoms with Crippen LogP contribution in [0.15, 0.2) is 48.7 Å². The summed E-state index contributed by atoms with van der Waals surface area (Å²) in [7, 11) is 0. The number of fused-ring (bicyclic) bond motifs is 1. The van der Waals surface area contributed by atoms with Gasteiger partial charge in [0.25, 0.3) is 0 Å². The first kappa shape index (κ1) is 16.1. The first-order chi connectivity index (χ1) is 12.2. The van der Waals surface area contributed by atoms with Gasteiger partial charge in [0, 0.05) is 49.1 Å². The smallest absolute Gasteiger partial charge is 0.196 e. The Hall–Kier alpha value is -2.44. The quantitative estimate of drug-likeness (QED) is 0.726. The second-order valence-corrected chi connectivity index (χ2v) is 6.56. The molecule has 0 unspecified atom stereocenters. The van der Waals surface area contributed by atoms with Gasteiger partial charge in [0.05, 0.1) is 11.4 Å². The van der Waals surface area contributed by atoms with Crippen molar-refractivity contribution in [1.29, 1.82) is 0 Å². The summed E-state index contributed by atoms with van der Waals surface area (Å²) in [5.74, 6) is -0.237. The lowest BCUT2D eigenvalue weighted by Gasteiger charge is -2.27. The second kappa shape index (κ2) is 6.82. The minimum Gasteiger partial charge on any atom is -0.334 e. The third-order valence-electron chi connectivity index (χ3n) is 4.39. The summed E-state index contributed by atoms with van der Waals surface area (Å²) in [6, 6.07) is 12.4. The van der Waals surface area contributed by atoms with Crippen molar-refractivity contribution in [2.45, 2.75) is 19.5 Å². The molecule has 6 heteroatoms. The standard InChI is InChI=1S/C19H17FN4S/c20-15-6-4-13(5-7-15)17-3-1-2-16(22-17)12-24-9-8-18-14(11-24)10-21-19(25)23-18/h1-7,10H,8-9,11-12H2,(H,21,23,25). The summed E-state index contributed by atoms with van der Waals surface area (Å²) in [4.78, 5) is 14.4. The molecule has 0 aliphatic carbocycles. The van der Waals surface area contributed by atoms with E-state index >= 15 is 0 Å². The molecule has 25 heavy (non-hydrogen) atoms. The maximum Gasteiger partial charge on any atom is 0.196 e. The highest BCUT2D eigenvalue weighted by Crippen LogP contribution is 2.20. The van der Waals surface area contributed by atoms with E-state index in [0.717, 1.165) is 43.0 Å². The molecule has 1 aliphatic rings. The van der Waals surface area contributed by atoms with Gasteiger partial charge in [-0.1, -0.05) is 6.07 Å². The zero-order chi connectivity index (χ0) is 17.2. The summed E-state index contributed by atoms with van der Waals surface area (Å²) in [5, 5.41) is 0. The Balaban J connectivity index is 1.52. The third-order valence-corrected chi connectivity index (χ3v) is 4.59. The zero-order valence-electron chi connectivity index (χ0n) is 13.6. The largest absolute Gasteiger partial charge is 0.334 e. The Morgan fingerprint density at radius 1 is 1.16 bits per heavy atom. The molecule has 0 fully saturated rings. The number of nitrogens with zero attached hydrogens (tertiary/aromatic N) is 3. The number of rotatable bonds is 3. The van der Waals surface area contributed by atoms with Crippen molar-refractivity contribution in [3.63, 3.8) is 0 Å². The maximum absolute atomic E-state index is 13.1. The van der Waals surface area contributed by atoms with Gasteiger partial charge in [-0.05, 0) is 48.6 Å². The Kier molecular flexibility index (Phi) is 4.38. The molecule has 1 N–H and O–H groups in total. The van der Waals surface area contributed by atoms with Gasteiger partial charge < -0.3 is 4.98 Å². The average molecular weight is 352 g/mol. The average Bonchev–Trinajstić information content (AvgIpc) is 2.63. The topological polar surface area (TPSA) is 44.8 Å². The normalized spacial score (nSPS) is 14.3. The van der Waals surface area contributed by atoms with Gasteiger partial charge in [-0.25, -0.2) is 9.37 Å². The fraction of sp³-hybridized carbons (Fsp3) is 0.211. The molecule has 0 bridgehead atoms. The number of hydrogen-bond donors (Lipinski definition) is 1. The number of aromatic amines is 1. The van der Waals surface area contributed by atoms with Crippen LogP contribution in [-0.2, 0) is 19.5 Å². The van der Waals surface area contributed by atoms with Crippen molar-refractivity contribution >= 4 is 12.2 Å². The van der Waals surface area contributed by atoms with Crippen molar-refractivity contribution in [1.82, 2.24) is 19.9 Å². The molecule has 126 valence electrons. The van der Waals surface area contributed by atoms with Gasteiger partial charge in [-0.15, -0.1) is 0 Å². The Bertz CT molecular complexity index is 952. The Morgan fingerprint density at radius 3 is 2.84 bits per heavy atom. The summed E-state index contributed by atoms with van der Waals surface area (Å²) in [5.41, 5.74) is 5.16. The van der Waals surface area contributed by atoms with Gasteiger partial charge in [-0.2, -0.15) is 0 Å². The van der Waals surface area contributed by atoms with Crippen molar-refractivity contribution in [2.24, 2.45) is 0 Å². The molecular weight excluding hydrogens is 335 g/mol. The molecular formula is C19H17FN4S. The monoisotopic (exact) mass is 352 g/mol. The lowest BCUT2D eigenvalue weighted by molar-refractivity contribution is 0.240. The molecule has 0 saturated carbocycles. The first-order valence-corrected chi connectivity index (χ1v) is 8.59. The number of halogens is 1. The number of nitrogens with one attached hydrogen (secondary N) is 1. The third kappa shape index (κ3) is 3.65. The Labute approximate surface area is 150 Å². The van der Waals surface area contributed by atoms with Crippen LogP contribution in [0.1, 0.15) is 17.0 Å². The highest BCUT2D eigenvalue weighted by molar-refractivity contribution is 7.71. The van der Waals surface area contributed by atoms with Crippen molar-refractivity contribution in [3.8, 4) is 11.3 Å². The van der Waals surface area contributed by atoms with Gasteiger partial charge >= 0.3 is 0 Å². The van der Waals surface area contributed by atoms with E-state index in [1.807, 2.05) is 24.4 Å². The van der Waals surface area contributed by atoms with Crippen LogP contribution < -0.4 is 0 Å². The van der Waals surface area contributed by atoms with E-state index in [0.29, 0.717) is 4.77 Å². The zero-order valence-corrected chi connectivity index (χ0v) is 14.4. The van der Waals surface area contributed by atoms with Crippen molar-refractivity contribution < 1.29 is 4.39 Å². The summed E-state index contributed by atoms with van der Waals surface area (Å²) >= 11 is 5.09. The molecule has 4 rings (SSSR count). The predicted molar refractivity (Wildman–Crippen MR) is 96.9 cm³/mol. The van der Waals surface area contributed by atoms with E-state index in [9.17, 15) is 4.39 Å². The summed E-state index contributed by atoms with van der Waals surface area (Å²) < 4.78 is 13.6. The van der Waals surface area contributed by atoms with E-state index in [2.05, 4.69) is 14.9 Å². The SMILES string of the molecule is Fc1ccc(-c2cccc(CN3CCc4[nH]c(=S)ncc4C3)n2)cc1. The van der Waals surface area contributed by atoms with Gasteiger partial charge in [0.2, 0.25) is 0 Å². The molecule has 3 aromatic rings. The first-order valence-electron chi connectivity index (χ1n) is 8.19. The van der Waals surface area contributed by atoms with E-state index in [4.69, 9.17) is 17.2 Å². The lowest BCUT2D eigenvalue weighted by atomic mass is 10.1. The van der Waals surface area contributed by atoms with E-state index in [-0.39, 0.29) is 5.82 Å². The minimum absolute atomic E-state index is 0.237. The highest BCUT2D eigenvalue weighted by Gasteiger charge is 2.17. The molecule has 1 aliphatic heterocycles. The van der Waals surface area contributed by atoms with Gasteiger partial charge in [0.1, 0.15) is 5.82 Å². The summed E-state index contributed by atoms with van der Waals surface area (Å²) in [6.45, 7) is 2.55. The maximum atomic E-state index is 13.1. The number of pyridine rings is 1. The molecule has 0 spiro atoms. The molecule has 3 heterocycles. The van der Waals surface area contributed by atoms with Crippen molar-refractivity contribution in [2.75, 3.05) is 6.54 Å². The molecule has 4 nitrogen and oxygen atoms in total. The van der Waals surface area contributed by atoms with Crippen LogP contribution in [-0.4, -0.2) is 26.4 Å². The van der Waals surface area contributed by atoms with Crippen LogP contribution in [0, 0.1) is 10.6 Å². The number of hydrogen-bond acceptors (Lipinski definition) is 4. The number of benzene rings is 1. The number of aromatic nitrogens is 3. The molecule has 0 saturated heterocycles. The van der Waals surface area contributed by atoms with Gasteiger partial charge in [-0.3, -0.25) is 9.88 Å². The highest BCUT2D eigenvalue weighted by atomic mass is 32.1. The number of H-pyrrole nitrogens is 1. The Morgan fingerprint density at radius 2 is 2.00 bits per heavy atom. The van der Waals surface area contributed by atoms with Gasteiger partial charge in [0.15, 0.2) is 4.77 Å². The fourth-order valence-electron chi connectivity index (χ4n) is 3.12. The second-order valence-electron chi connectivity index (χ2n) is 6.17. The minimum atomic E-state index is -0.237. The van der Waals surface area contributed by atoms with E-state index < -0.39 is 0 Å². The lowest BCUT2D eigenvalue weighted by Crippen LogP contribution is -2.31. The molecule has 0 atom stereocenters. The van der Waals surface area contributed by atoms with E-state index in [1.54, 1.807) is 12.1 Å². The molecule has 1 aromatic carbocycles. The van der Waals surface area contributed by atoms with Crippen LogP contribution in [0.3, 0.4) is 0 Å². The molecule has 0 amide bonds. The van der Waals surface area contributed by atoms with Crippen LogP contribution in [0.5, 0.6) is 0 Å². The molecule has 0 radical (unpaired) electrons. The van der Waals surface area contributed by atoms with Crippen LogP contribution in [0.4, 0.5) is 4.39 Å². The fourth-order valence-corrected chi connectivity index (χ4v) is 3.29.